The number of hydrogen-bond donors (Lipinski definition) is 2. The molecule has 1 heterocycles. The number of aromatic hydroxyl groups is 1. The Morgan fingerprint density at radius 3 is 2.78 bits per heavy atom. The minimum absolute atomic E-state index is 0.277. The van der Waals surface area contributed by atoms with Crippen LogP contribution in [0.5, 0.6) is 5.75 Å². The molecule has 96 valence electrons. The first-order chi connectivity index (χ1) is 8.78. The molecule has 2 rings (SSSR count). The third-order valence-electron chi connectivity index (χ3n) is 2.74. The van der Waals surface area contributed by atoms with Gasteiger partial charge < -0.3 is 14.8 Å². The molecule has 0 aliphatic heterocycles. The third kappa shape index (κ3) is 3.60. The van der Waals surface area contributed by atoms with Crippen molar-refractivity contribution < 1.29 is 9.52 Å². The zero-order chi connectivity index (χ0) is 12.8. The van der Waals surface area contributed by atoms with Gasteiger partial charge in [0.2, 0.25) is 0 Å². The van der Waals surface area contributed by atoms with Crippen molar-refractivity contribution >= 4 is 0 Å². The van der Waals surface area contributed by atoms with Gasteiger partial charge in [0.15, 0.2) is 5.89 Å². The van der Waals surface area contributed by atoms with E-state index in [2.05, 4.69) is 10.3 Å². The van der Waals surface area contributed by atoms with Gasteiger partial charge in [-0.15, -0.1) is 0 Å². The van der Waals surface area contributed by atoms with Gasteiger partial charge in [0, 0.05) is 12.8 Å². The summed E-state index contributed by atoms with van der Waals surface area (Å²) in [5, 5.41) is 12.3. The zero-order valence-corrected chi connectivity index (χ0v) is 10.5. The lowest BCUT2D eigenvalue weighted by atomic mass is 10.1. The first-order valence-corrected chi connectivity index (χ1v) is 6.14. The average Bonchev–Trinajstić information content (AvgIpc) is 2.80. The topological polar surface area (TPSA) is 58.3 Å². The fourth-order valence-corrected chi connectivity index (χ4v) is 1.77. The monoisotopic (exact) mass is 246 g/mol. The number of aromatic nitrogens is 1. The highest BCUT2D eigenvalue weighted by atomic mass is 16.4. The van der Waals surface area contributed by atoms with E-state index in [-0.39, 0.29) is 5.75 Å². The molecule has 4 nitrogen and oxygen atoms in total. The van der Waals surface area contributed by atoms with Crippen LogP contribution in [-0.4, -0.2) is 23.7 Å². The summed E-state index contributed by atoms with van der Waals surface area (Å²) in [7, 11) is 1.94. The summed E-state index contributed by atoms with van der Waals surface area (Å²) in [5.74, 6) is 1.93. The van der Waals surface area contributed by atoms with E-state index >= 15 is 0 Å². The molecule has 0 spiro atoms. The summed E-state index contributed by atoms with van der Waals surface area (Å²) in [6.45, 7) is 0.980. The van der Waals surface area contributed by atoms with Gasteiger partial charge in [0.25, 0.3) is 0 Å². The number of rotatable bonds is 6. The van der Waals surface area contributed by atoms with E-state index in [1.165, 1.54) is 0 Å². The predicted molar refractivity (Wildman–Crippen MR) is 69.7 cm³/mol. The van der Waals surface area contributed by atoms with E-state index in [1.54, 1.807) is 18.3 Å². The normalized spacial score (nSPS) is 10.7. The Hall–Kier alpha value is -1.81. The Bertz CT molecular complexity index is 477. The molecule has 0 bridgehead atoms. The molecular weight excluding hydrogens is 228 g/mol. The Labute approximate surface area is 107 Å². The number of nitrogens with zero attached hydrogens (tertiary/aromatic N) is 1. The van der Waals surface area contributed by atoms with Gasteiger partial charge in [0.05, 0.1) is 6.20 Å². The van der Waals surface area contributed by atoms with E-state index in [0.29, 0.717) is 6.42 Å². The molecule has 4 heteroatoms. The standard InChI is InChI=1S/C14H18N2O2/c1-15-8-2-3-13-10-16-14(18-13)9-11-4-6-12(17)7-5-11/h4-7,10,15,17H,2-3,8-9H2,1H3. The second-order valence-electron chi connectivity index (χ2n) is 4.27. The highest BCUT2D eigenvalue weighted by molar-refractivity contribution is 5.27. The van der Waals surface area contributed by atoms with Gasteiger partial charge in [-0.05, 0) is 37.7 Å². The van der Waals surface area contributed by atoms with Crippen molar-refractivity contribution in [3.63, 3.8) is 0 Å². The summed E-state index contributed by atoms with van der Waals surface area (Å²) in [6, 6.07) is 7.10. The lowest BCUT2D eigenvalue weighted by Gasteiger charge is -1.98. The second-order valence-corrected chi connectivity index (χ2v) is 4.27. The molecule has 2 N–H and O–H groups in total. The van der Waals surface area contributed by atoms with Gasteiger partial charge in [-0.3, -0.25) is 0 Å². The van der Waals surface area contributed by atoms with Gasteiger partial charge in [-0.25, -0.2) is 4.98 Å². The maximum atomic E-state index is 9.20. The van der Waals surface area contributed by atoms with Crippen molar-refractivity contribution in [1.82, 2.24) is 10.3 Å². The minimum atomic E-state index is 0.277. The largest absolute Gasteiger partial charge is 0.508 e. The molecule has 0 saturated carbocycles. The van der Waals surface area contributed by atoms with Crippen LogP contribution in [0.3, 0.4) is 0 Å². The first-order valence-electron chi connectivity index (χ1n) is 6.14. The van der Waals surface area contributed by atoms with Crippen LogP contribution in [0.1, 0.15) is 23.6 Å². The van der Waals surface area contributed by atoms with E-state index in [0.717, 1.165) is 36.6 Å². The number of benzene rings is 1. The summed E-state index contributed by atoms with van der Waals surface area (Å²) in [5.41, 5.74) is 1.08. The van der Waals surface area contributed by atoms with Crippen molar-refractivity contribution in [2.45, 2.75) is 19.3 Å². The van der Waals surface area contributed by atoms with Crippen LogP contribution in [0.4, 0.5) is 0 Å². The Kier molecular flexibility index (Phi) is 4.36. The van der Waals surface area contributed by atoms with Crippen molar-refractivity contribution in [1.29, 1.82) is 0 Å². The van der Waals surface area contributed by atoms with Crippen LogP contribution in [0.15, 0.2) is 34.9 Å². The zero-order valence-electron chi connectivity index (χ0n) is 10.5. The van der Waals surface area contributed by atoms with Crippen molar-refractivity contribution in [3.8, 4) is 5.75 Å². The summed E-state index contributed by atoms with van der Waals surface area (Å²) < 4.78 is 5.66. The molecule has 1 aromatic carbocycles. The highest BCUT2D eigenvalue weighted by Crippen LogP contribution is 2.14. The Balaban J connectivity index is 1.91. The molecule has 0 fully saturated rings. The SMILES string of the molecule is CNCCCc1cnc(Cc2ccc(O)cc2)o1. The Morgan fingerprint density at radius 1 is 1.28 bits per heavy atom. The van der Waals surface area contributed by atoms with Crippen LogP contribution in [-0.2, 0) is 12.8 Å². The van der Waals surface area contributed by atoms with Crippen LogP contribution in [0.25, 0.3) is 0 Å². The second kappa shape index (κ2) is 6.21. The molecular formula is C14H18N2O2. The quantitative estimate of drug-likeness (QED) is 0.767. The maximum Gasteiger partial charge on any atom is 0.198 e. The predicted octanol–water partition coefficient (Wildman–Crippen LogP) is 2.12. The van der Waals surface area contributed by atoms with Crippen LogP contribution >= 0.6 is 0 Å². The van der Waals surface area contributed by atoms with Crippen LogP contribution in [0.2, 0.25) is 0 Å². The number of nitrogens with one attached hydrogen (secondary N) is 1. The fraction of sp³-hybridized carbons (Fsp3) is 0.357. The third-order valence-corrected chi connectivity index (χ3v) is 2.74. The Morgan fingerprint density at radius 2 is 2.06 bits per heavy atom. The van der Waals surface area contributed by atoms with E-state index in [1.807, 2.05) is 19.2 Å². The number of phenolic OH excluding ortho intramolecular Hbond substituents is 1. The van der Waals surface area contributed by atoms with E-state index in [4.69, 9.17) is 4.42 Å². The molecule has 0 saturated heterocycles. The summed E-state index contributed by atoms with van der Waals surface area (Å²) >= 11 is 0. The van der Waals surface area contributed by atoms with Gasteiger partial charge in [-0.2, -0.15) is 0 Å². The molecule has 0 amide bonds. The molecule has 0 unspecified atom stereocenters. The van der Waals surface area contributed by atoms with Gasteiger partial charge in [-0.1, -0.05) is 12.1 Å². The lowest BCUT2D eigenvalue weighted by Crippen LogP contribution is -2.08. The molecule has 0 aliphatic carbocycles. The number of oxazole rings is 1. The lowest BCUT2D eigenvalue weighted by molar-refractivity contribution is 0.456. The number of phenols is 1. The average molecular weight is 246 g/mol. The van der Waals surface area contributed by atoms with E-state index in [9.17, 15) is 5.11 Å². The number of aryl methyl sites for hydroxylation is 1. The van der Waals surface area contributed by atoms with Crippen LogP contribution < -0.4 is 5.32 Å². The van der Waals surface area contributed by atoms with Crippen LogP contribution in [0, 0.1) is 0 Å². The molecule has 0 radical (unpaired) electrons. The van der Waals surface area contributed by atoms with E-state index < -0.39 is 0 Å². The molecule has 0 aliphatic rings. The minimum Gasteiger partial charge on any atom is -0.508 e. The molecule has 18 heavy (non-hydrogen) atoms. The highest BCUT2D eigenvalue weighted by Gasteiger charge is 2.05. The van der Waals surface area contributed by atoms with Crippen molar-refractivity contribution in [2.24, 2.45) is 0 Å². The smallest absolute Gasteiger partial charge is 0.198 e. The molecule has 0 atom stereocenters. The summed E-state index contributed by atoms with van der Waals surface area (Å²) in [6.07, 6.45) is 4.41. The number of hydrogen-bond acceptors (Lipinski definition) is 4. The molecule has 1 aromatic heterocycles. The van der Waals surface area contributed by atoms with Crippen molar-refractivity contribution in [2.75, 3.05) is 13.6 Å². The van der Waals surface area contributed by atoms with Crippen molar-refractivity contribution in [3.05, 3.63) is 47.7 Å². The maximum absolute atomic E-state index is 9.20. The fourth-order valence-electron chi connectivity index (χ4n) is 1.77. The van der Waals surface area contributed by atoms with Gasteiger partial charge >= 0.3 is 0 Å². The first kappa shape index (κ1) is 12.6. The molecule has 2 aromatic rings. The van der Waals surface area contributed by atoms with Gasteiger partial charge in [0.1, 0.15) is 11.5 Å². The summed E-state index contributed by atoms with van der Waals surface area (Å²) in [4.78, 5) is 4.26.